The predicted molar refractivity (Wildman–Crippen MR) is 101 cm³/mol. The quantitative estimate of drug-likeness (QED) is 0.436. The van der Waals surface area contributed by atoms with Crippen LogP contribution in [0.2, 0.25) is 5.02 Å². The van der Waals surface area contributed by atoms with Crippen molar-refractivity contribution < 1.29 is 35.5 Å². The van der Waals surface area contributed by atoms with Gasteiger partial charge in [-0.2, -0.15) is 13.2 Å². The Morgan fingerprint density at radius 2 is 1.73 bits per heavy atom. The standard InChI is InChI=1S/C18H17ClF4N2O4S/c19-16-6-5-14(11-15(16)18(21,22)23)30(27,28)25-8-7-17(26)24-9-10-29-13-3-1-12(20)2-4-13/h1-6,11,25H,7-10H2,(H,24,26). The Bertz CT molecular complexity index is 983. The van der Waals surface area contributed by atoms with Crippen LogP contribution in [0.1, 0.15) is 12.0 Å². The van der Waals surface area contributed by atoms with Crippen molar-refractivity contribution in [1.29, 1.82) is 0 Å². The number of sulfonamides is 1. The van der Waals surface area contributed by atoms with Gasteiger partial charge in [-0.25, -0.2) is 17.5 Å². The Kier molecular flexibility index (Phi) is 8.04. The van der Waals surface area contributed by atoms with Crippen molar-refractivity contribution in [3.63, 3.8) is 0 Å². The molecule has 2 rings (SSSR count). The fraction of sp³-hybridized carbons (Fsp3) is 0.278. The highest BCUT2D eigenvalue weighted by atomic mass is 35.5. The lowest BCUT2D eigenvalue weighted by molar-refractivity contribution is -0.137. The minimum Gasteiger partial charge on any atom is -0.492 e. The van der Waals surface area contributed by atoms with Crippen LogP contribution in [0, 0.1) is 5.82 Å². The maximum atomic E-state index is 12.9. The lowest BCUT2D eigenvalue weighted by Gasteiger charge is -2.12. The molecule has 0 saturated carbocycles. The maximum Gasteiger partial charge on any atom is 0.417 e. The molecule has 0 fully saturated rings. The number of nitrogens with one attached hydrogen (secondary N) is 2. The van der Waals surface area contributed by atoms with E-state index in [9.17, 15) is 30.8 Å². The number of rotatable bonds is 9. The summed E-state index contributed by atoms with van der Waals surface area (Å²) in [4.78, 5) is 11.1. The minimum atomic E-state index is -4.81. The zero-order valence-corrected chi connectivity index (χ0v) is 16.9. The van der Waals surface area contributed by atoms with Gasteiger partial charge in [0.15, 0.2) is 0 Å². The predicted octanol–water partition coefficient (Wildman–Crippen LogP) is 3.36. The van der Waals surface area contributed by atoms with Crippen molar-refractivity contribution in [2.75, 3.05) is 19.7 Å². The Hall–Kier alpha value is -2.37. The molecule has 0 unspecified atom stereocenters. The van der Waals surface area contributed by atoms with Crippen LogP contribution in [0.15, 0.2) is 47.4 Å². The van der Waals surface area contributed by atoms with E-state index in [0.29, 0.717) is 11.8 Å². The van der Waals surface area contributed by atoms with E-state index < -0.39 is 43.4 Å². The molecule has 1 amide bonds. The summed E-state index contributed by atoms with van der Waals surface area (Å²) < 4.78 is 83.0. The number of alkyl halides is 3. The van der Waals surface area contributed by atoms with E-state index in [2.05, 4.69) is 10.0 Å². The van der Waals surface area contributed by atoms with Crippen LogP contribution in [0.4, 0.5) is 17.6 Å². The van der Waals surface area contributed by atoms with Gasteiger partial charge in [-0.15, -0.1) is 0 Å². The van der Waals surface area contributed by atoms with Gasteiger partial charge in [0.1, 0.15) is 18.2 Å². The molecule has 0 radical (unpaired) electrons. The van der Waals surface area contributed by atoms with Gasteiger partial charge in [-0.05, 0) is 42.5 Å². The Morgan fingerprint density at radius 3 is 2.37 bits per heavy atom. The first kappa shape index (κ1) is 23.9. The summed E-state index contributed by atoms with van der Waals surface area (Å²) in [5, 5.41) is 1.87. The molecule has 0 atom stereocenters. The van der Waals surface area contributed by atoms with E-state index in [4.69, 9.17) is 16.3 Å². The average Bonchev–Trinajstić information content (AvgIpc) is 2.65. The third-order valence-corrected chi connectivity index (χ3v) is 5.49. The number of amides is 1. The summed E-state index contributed by atoms with van der Waals surface area (Å²) in [5.41, 5.74) is -1.27. The van der Waals surface area contributed by atoms with Crippen LogP contribution in [0.25, 0.3) is 0 Å². The van der Waals surface area contributed by atoms with Crippen molar-refractivity contribution in [2.45, 2.75) is 17.5 Å². The summed E-state index contributed by atoms with van der Waals surface area (Å²) in [6, 6.07) is 7.49. The molecule has 30 heavy (non-hydrogen) atoms. The van der Waals surface area contributed by atoms with Gasteiger partial charge in [0.05, 0.1) is 22.0 Å². The number of carbonyl (C=O) groups excluding carboxylic acids is 1. The molecule has 2 aromatic carbocycles. The number of ether oxygens (including phenoxy) is 1. The van der Waals surface area contributed by atoms with Gasteiger partial charge >= 0.3 is 6.18 Å². The molecule has 0 aliphatic rings. The topological polar surface area (TPSA) is 84.5 Å². The van der Waals surface area contributed by atoms with Crippen LogP contribution >= 0.6 is 11.6 Å². The van der Waals surface area contributed by atoms with E-state index in [1.807, 2.05) is 0 Å². The first-order valence-electron chi connectivity index (χ1n) is 8.50. The maximum absolute atomic E-state index is 12.9. The highest BCUT2D eigenvalue weighted by Gasteiger charge is 2.34. The third kappa shape index (κ3) is 7.15. The molecule has 0 saturated heterocycles. The van der Waals surface area contributed by atoms with Gasteiger partial charge in [0, 0.05) is 13.0 Å². The van der Waals surface area contributed by atoms with Crippen LogP contribution in [-0.2, 0) is 21.0 Å². The third-order valence-electron chi connectivity index (χ3n) is 3.70. The van der Waals surface area contributed by atoms with Gasteiger partial charge in [-0.1, -0.05) is 11.6 Å². The van der Waals surface area contributed by atoms with E-state index in [0.717, 1.165) is 12.1 Å². The summed E-state index contributed by atoms with van der Waals surface area (Å²) >= 11 is 5.47. The zero-order valence-electron chi connectivity index (χ0n) is 15.3. The van der Waals surface area contributed by atoms with E-state index in [1.54, 1.807) is 0 Å². The lowest BCUT2D eigenvalue weighted by Crippen LogP contribution is -2.32. The van der Waals surface area contributed by atoms with Crippen molar-refractivity contribution in [3.05, 3.63) is 58.9 Å². The van der Waals surface area contributed by atoms with E-state index in [-0.39, 0.29) is 26.1 Å². The number of carbonyl (C=O) groups is 1. The zero-order chi connectivity index (χ0) is 22.4. The molecule has 2 N–H and O–H groups in total. The average molecular weight is 469 g/mol. The Morgan fingerprint density at radius 1 is 1.07 bits per heavy atom. The second kappa shape index (κ2) is 10.1. The van der Waals surface area contributed by atoms with Crippen LogP contribution in [-0.4, -0.2) is 34.0 Å². The SMILES string of the molecule is O=C(CCNS(=O)(=O)c1ccc(Cl)c(C(F)(F)F)c1)NCCOc1ccc(F)cc1. The molecule has 0 spiro atoms. The molecule has 0 aromatic heterocycles. The van der Waals surface area contributed by atoms with Crippen LogP contribution in [0.5, 0.6) is 5.75 Å². The Balaban J connectivity index is 1.78. The van der Waals surface area contributed by atoms with E-state index >= 15 is 0 Å². The normalized spacial score (nSPS) is 11.9. The smallest absolute Gasteiger partial charge is 0.417 e. The highest BCUT2D eigenvalue weighted by Crippen LogP contribution is 2.35. The molecule has 0 aliphatic heterocycles. The fourth-order valence-electron chi connectivity index (χ4n) is 2.25. The summed E-state index contributed by atoms with van der Waals surface area (Å²) in [7, 11) is -4.26. The molecule has 164 valence electrons. The fourth-order valence-corrected chi connectivity index (χ4v) is 3.53. The summed E-state index contributed by atoms with van der Waals surface area (Å²) in [6.45, 7) is -0.0971. The number of halogens is 5. The van der Waals surface area contributed by atoms with E-state index in [1.165, 1.54) is 24.3 Å². The number of hydrogen-bond donors (Lipinski definition) is 2. The van der Waals surface area contributed by atoms with Crippen molar-refractivity contribution in [3.8, 4) is 5.75 Å². The summed E-state index contributed by atoms with van der Waals surface area (Å²) in [5.74, 6) is -0.488. The van der Waals surface area contributed by atoms with Gasteiger partial charge < -0.3 is 10.1 Å². The van der Waals surface area contributed by atoms with Gasteiger partial charge in [-0.3, -0.25) is 4.79 Å². The second-order valence-corrected chi connectivity index (χ2v) is 8.11. The Labute approximate surface area is 175 Å². The molecule has 0 aliphatic carbocycles. The second-order valence-electron chi connectivity index (χ2n) is 5.94. The molecule has 12 heteroatoms. The first-order valence-corrected chi connectivity index (χ1v) is 10.4. The molecule has 2 aromatic rings. The largest absolute Gasteiger partial charge is 0.492 e. The summed E-state index contributed by atoms with van der Waals surface area (Å²) in [6.07, 6.45) is -5.05. The molecular weight excluding hydrogens is 452 g/mol. The van der Waals surface area contributed by atoms with Crippen molar-refractivity contribution in [2.24, 2.45) is 0 Å². The van der Waals surface area contributed by atoms with Crippen LogP contribution < -0.4 is 14.8 Å². The molecule has 0 bridgehead atoms. The van der Waals surface area contributed by atoms with Crippen molar-refractivity contribution in [1.82, 2.24) is 10.0 Å². The van der Waals surface area contributed by atoms with Gasteiger partial charge in [0.25, 0.3) is 0 Å². The molecular formula is C18H17ClF4N2O4S. The first-order chi connectivity index (χ1) is 14.0. The number of benzene rings is 2. The van der Waals surface area contributed by atoms with Crippen LogP contribution in [0.3, 0.4) is 0 Å². The number of hydrogen-bond acceptors (Lipinski definition) is 4. The minimum absolute atomic E-state index is 0.105. The highest BCUT2D eigenvalue weighted by molar-refractivity contribution is 7.89. The monoisotopic (exact) mass is 468 g/mol. The lowest BCUT2D eigenvalue weighted by atomic mass is 10.2. The van der Waals surface area contributed by atoms with Crippen molar-refractivity contribution >= 4 is 27.5 Å². The molecule has 0 heterocycles. The van der Waals surface area contributed by atoms with Gasteiger partial charge in [0.2, 0.25) is 15.9 Å². The molecule has 6 nitrogen and oxygen atoms in total.